The molecule has 0 unspecified atom stereocenters. The number of unbranched alkanes of at least 4 members (excludes halogenated alkanes) is 1. The molecular weight excluding hydrogens is 274 g/mol. The van der Waals surface area contributed by atoms with E-state index in [9.17, 15) is 5.11 Å². The van der Waals surface area contributed by atoms with Gasteiger partial charge in [-0.15, -0.1) is 0 Å². The van der Waals surface area contributed by atoms with Crippen LogP contribution in [-0.4, -0.2) is 34.8 Å². The van der Waals surface area contributed by atoms with E-state index in [1.165, 1.54) is 0 Å². The molecule has 0 radical (unpaired) electrons. The molecule has 0 fully saturated rings. The van der Waals surface area contributed by atoms with Gasteiger partial charge in [0.1, 0.15) is 16.8 Å². The van der Waals surface area contributed by atoms with Crippen LogP contribution < -0.4 is 4.90 Å². The monoisotopic (exact) mass is 299 g/mol. The molecule has 0 atom stereocenters. The zero-order valence-electron chi connectivity index (χ0n) is 13.2. The van der Waals surface area contributed by atoms with Crippen LogP contribution >= 0.6 is 11.6 Å². The third kappa shape index (κ3) is 4.32. The van der Waals surface area contributed by atoms with Gasteiger partial charge in [-0.1, -0.05) is 45.7 Å². The number of nitrogens with zero attached hydrogens (tertiary/aromatic N) is 3. The summed E-state index contributed by atoms with van der Waals surface area (Å²) in [6.45, 7) is 11.8. The Morgan fingerprint density at radius 2 is 1.85 bits per heavy atom. The van der Waals surface area contributed by atoms with Crippen LogP contribution in [0.3, 0.4) is 0 Å². The van der Waals surface area contributed by atoms with Crippen molar-refractivity contribution in [1.29, 1.82) is 0 Å². The number of rotatable bonds is 6. The molecule has 0 aliphatic rings. The third-order valence-electron chi connectivity index (χ3n) is 3.18. The summed E-state index contributed by atoms with van der Waals surface area (Å²) in [4.78, 5) is 11.2. The molecule has 4 nitrogen and oxygen atoms in total. The number of aliphatic hydroxyl groups is 1. The number of anilines is 1. The second-order valence-corrected chi connectivity index (χ2v) is 6.46. The highest BCUT2D eigenvalue weighted by atomic mass is 35.5. The Morgan fingerprint density at radius 3 is 2.35 bits per heavy atom. The quantitative estimate of drug-likeness (QED) is 0.819. The Balaban J connectivity index is 3.21. The minimum absolute atomic E-state index is 0.107. The van der Waals surface area contributed by atoms with Crippen molar-refractivity contribution in [2.24, 2.45) is 0 Å². The van der Waals surface area contributed by atoms with E-state index in [1.807, 2.05) is 6.92 Å². The molecular formula is C15H26ClN3O. The van der Waals surface area contributed by atoms with Gasteiger partial charge in [0.2, 0.25) is 0 Å². The summed E-state index contributed by atoms with van der Waals surface area (Å²) in [5.41, 5.74) is 0.728. The topological polar surface area (TPSA) is 49.2 Å². The maximum absolute atomic E-state index is 9.27. The van der Waals surface area contributed by atoms with Gasteiger partial charge >= 0.3 is 0 Å². The molecule has 0 saturated heterocycles. The van der Waals surface area contributed by atoms with Crippen molar-refractivity contribution < 1.29 is 5.11 Å². The van der Waals surface area contributed by atoms with Gasteiger partial charge in [-0.2, -0.15) is 0 Å². The largest absolute Gasteiger partial charge is 0.395 e. The Morgan fingerprint density at radius 1 is 1.20 bits per heavy atom. The highest BCUT2D eigenvalue weighted by molar-refractivity contribution is 6.30. The van der Waals surface area contributed by atoms with Crippen LogP contribution in [0.5, 0.6) is 0 Å². The van der Waals surface area contributed by atoms with Gasteiger partial charge in [0.05, 0.1) is 6.61 Å². The number of hydrogen-bond donors (Lipinski definition) is 1. The van der Waals surface area contributed by atoms with Crippen molar-refractivity contribution in [3.8, 4) is 0 Å². The first-order chi connectivity index (χ1) is 9.31. The molecule has 0 spiro atoms. The molecule has 20 heavy (non-hydrogen) atoms. The molecule has 0 aliphatic carbocycles. The summed E-state index contributed by atoms with van der Waals surface area (Å²) in [5.74, 6) is 1.58. The molecule has 1 aromatic rings. The lowest BCUT2D eigenvalue weighted by molar-refractivity contribution is 0.301. The minimum Gasteiger partial charge on any atom is -0.395 e. The summed E-state index contributed by atoms with van der Waals surface area (Å²) in [7, 11) is 0. The van der Waals surface area contributed by atoms with Gasteiger partial charge in [-0.25, -0.2) is 9.97 Å². The van der Waals surface area contributed by atoms with Crippen LogP contribution in [0.15, 0.2) is 0 Å². The van der Waals surface area contributed by atoms with E-state index in [0.29, 0.717) is 11.7 Å². The van der Waals surface area contributed by atoms with Gasteiger partial charge in [-0.3, -0.25) is 0 Å². The predicted octanol–water partition coefficient (Wildman–Crippen LogP) is 3.33. The van der Waals surface area contributed by atoms with E-state index in [-0.39, 0.29) is 12.0 Å². The van der Waals surface area contributed by atoms with Gasteiger partial charge in [-0.05, 0) is 13.3 Å². The van der Waals surface area contributed by atoms with Crippen molar-refractivity contribution in [2.75, 3.05) is 24.6 Å². The molecule has 114 valence electrons. The highest BCUT2D eigenvalue weighted by Crippen LogP contribution is 2.28. The average molecular weight is 300 g/mol. The van der Waals surface area contributed by atoms with E-state index >= 15 is 0 Å². The SMILES string of the molecule is CCCCN(CCO)c1nc(C(C)(C)C)nc(Cl)c1C. The number of aromatic nitrogens is 2. The van der Waals surface area contributed by atoms with Crippen LogP contribution in [0, 0.1) is 6.92 Å². The Bertz CT molecular complexity index is 443. The lowest BCUT2D eigenvalue weighted by Crippen LogP contribution is -2.31. The average Bonchev–Trinajstić information content (AvgIpc) is 2.36. The normalized spacial score (nSPS) is 11.8. The van der Waals surface area contributed by atoms with Crippen LogP contribution in [0.25, 0.3) is 0 Å². The predicted molar refractivity (Wildman–Crippen MR) is 84.7 cm³/mol. The molecule has 0 bridgehead atoms. The molecule has 5 heteroatoms. The Labute approximate surface area is 127 Å². The van der Waals surface area contributed by atoms with Gasteiger partial charge in [0, 0.05) is 24.1 Å². The van der Waals surface area contributed by atoms with E-state index in [0.717, 1.165) is 36.6 Å². The lowest BCUT2D eigenvalue weighted by atomic mass is 9.95. The fourth-order valence-corrected chi connectivity index (χ4v) is 2.08. The molecule has 0 amide bonds. The highest BCUT2D eigenvalue weighted by Gasteiger charge is 2.22. The molecule has 0 saturated carbocycles. The lowest BCUT2D eigenvalue weighted by Gasteiger charge is -2.27. The zero-order chi connectivity index (χ0) is 15.3. The first kappa shape index (κ1) is 17.2. The first-order valence-electron chi connectivity index (χ1n) is 7.21. The van der Waals surface area contributed by atoms with Gasteiger partial charge < -0.3 is 10.0 Å². The van der Waals surface area contributed by atoms with Crippen LogP contribution in [0.1, 0.15) is 51.9 Å². The van der Waals surface area contributed by atoms with E-state index in [2.05, 4.69) is 37.6 Å². The third-order valence-corrected chi connectivity index (χ3v) is 3.55. The van der Waals surface area contributed by atoms with Crippen molar-refractivity contribution in [1.82, 2.24) is 9.97 Å². The Hall–Kier alpha value is -0.870. The summed E-state index contributed by atoms with van der Waals surface area (Å²) >= 11 is 6.26. The first-order valence-corrected chi connectivity index (χ1v) is 7.59. The van der Waals surface area contributed by atoms with Crippen molar-refractivity contribution in [2.45, 2.75) is 52.9 Å². The molecule has 1 aromatic heterocycles. The fraction of sp³-hybridized carbons (Fsp3) is 0.733. The second kappa shape index (κ2) is 7.23. The second-order valence-electron chi connectivity index (χ2n) is 6.10. The van der Waals surface area contributed by atoms with Crippen LogP contribution in [0.4, 0.5) is 5.82 Å². The number of aliphatic hydroxyl groups excluding tert-OH is 1. The minimum atomic E-state index is -0.151. The maximum atomic E-state index is 9.27. The van der Waals surface area contributed by atoms with Gasteiger partial charge in [0.25, 0.3) is 0 Å². The fourth-order valence-electron chi connectivity index (χ4n) is 1.91. The van der Waals surface area contributed by atoms with Crippen LogP contribution in [-0.2, 0) is 5.41 Å². The van der Waals surface area contributed by atoms with Crippen molar-refractivity contribution in [3.63, 3.8) is 0 Å². The van der Waals surface area contributed by atoms with E-state index < -0.39 is 0 Å². The van der Waals surface area contributed by atoms with E-state index in [4.69, 9.17) is 16.6 Å². The molecule has 1 heterocycles. The maximum Gasteiger partial charge on any atom is 0.137 e. The van der Waals surface area contributed by atoms with E-state index in [1.54, 1.807) is 0 Å². The standard InChI is InChI=1S/C15H26ClN3O/c1-6-7-8-19(9-10-20)13-11(2)12(16)17-14(18-13)15(3,4)5/h20H,6-10H2,1-5H3. The number of halogens is 1. The van der Waals surface area contributed by atoms with Crippen molar-refractivity contribution in [3.05, 3.63) is 16.5 Å². The zero-order valence-corrected chi connectivity index (χ0v) is 14.0. The van der Waals surface area contributed by atoms with Crippen LogP contribution in [0.2, 0.25) is 5.15 Å². The molecule has 1 rings (SSSR count). The summed E-state index contributed by atoms with van der Waals surface area (Å²) in [6, 6.07) is 0. The number of hydrogen-bond acceptors (Lipinski definition) is 4. The van der Waals surface area contributed by atoms with Crippen molar-refractivity contribution >= 4 is 17.4 Å². The molecule has 0 aromatic carbocycles. The molecule has 0 aliphatic heterocycles. The summed E-state index contributed by atoms with van der Waals surface area (Å²) < 4.78 is 0. The Kier molecular flexibility index (Phi) is 6.21. The van der Waals surface area contributed by atoms with Gasteiger partial charge in [0.15, 0.2) is 0 Å². The smallest absolute Gasteiger partial charge is 0.137 e. The summed E-state index contributed by atoms with van der Waals surface area (Å²) in [5, 5.41) is 9.77. The summed E-state index contributed by atoms with van der Waals surface area (Å²) in [6.07, 6.45) is 2.16. The molecule has 1 N–H and O–H groups in total.